The standard InChI is InChI=1S/C12H27NO2/c1-4-5-6-7-13-8-9-14-10-11-15-12(2)3/h12-13H,4-11H2,1-3H3. The Bertz CT molecular complexity index is 118. The van der Waals surface area contributed by atoms with E-state index in [1.807, 2.05) is 13.8 Å². The molecule has 0 atom stereocenters. The number of rotatable bonds is 11. The fourth-order valence-electron chi connectivity index (χ4n) is 1.21. The number of unbranched alkanes of at least 4 members (excludes halogenated alkanes) is 2. The van der Waals surface area contributed by atoms with Crippen LogP contribution in [0.2, 0.25) is 0 Å². The number of nitrogens with one attached hydrogen (secondary N) is 1. The first kappa shape index (κ1) is 14.9. The van der Waals surface area contributed by atoms with Gasteiger partial charge in [-0.3, -0.25) is 0 Å². The van der Waals surface area contributed by atoms with E-state index < -0.39 is 0 Å². The highest BCUT2D eigenvalue weighted by molar-refractivity contribution is 4.47. The molecule has 15 heavy (non-hydrogen) atoms. The van der Waals surface area contributed by atoms with Gasteiger partial charge in [0.15, 0.2) is 0 Å². The topological polar surface area (TPSA) is 30.5 Å². The molecule has 0 aromatic rings. The summed E-state index contributed by atoms with van der Waals surface area (Å²) >= 11 is 0. The van der Waals surface area contributed by atoms with E-state index in [1.54, 1.807) is 0 Å². The molecule has 92 valence electrons. The SMILES string of the molecule is CCCCCNCCOCCOC(C)C. The van der Waals surface area contributed by atoms with Crippen molar-refractivity contribution in [2.24, 2.45) is 0 Å². The Labute approximate surface area is 94.5 Å². The Kier molecular flexibility index (Phi) is 11.9. The van der Waals surface area contributed by atoms with Crippen molar-refractivity contribution in [3.63, 3.8) is 0 Å². The van der Waals surface area contributed by atoms with Crippen molar-refractivity contribution >= 4 is 0 Å². The molecule has 0 heterocycles. The molecule has 1 N–H and O–H groups in total. The molecule has 0 rings (SSSR count). The van der Waals surface area contributed by atoms with E-state index in [0.29, 0.717) is 19.3 Å². The molecule has 0 aliphatic carbocycles. The van der Waals surface area contributed by atoms with Crippen molar-refractivity contribution in [3.05, 3.63) is 0 Å². The first-order valence-corrected chi connectivity index (χ1v) is 6.17. The molecule has 3 heteroatoms. The van der Waals surface area contributed by atoms with Crippen molar-refractivity contribution in [1.29, 1.82) is 0 Å². The van der Waals surface area contributed by atoms with Crippen LogP contribution >= 0.6 is 0 Å². The Morgan fingerprint density at radius 3 is 2.47 bits per heavy atom. The van der Waals surface area contributed by atoms with E-state index in [0.717, 1.165) is 19.7 Å². The fourth-order valence-corrected chi connectivity index (χ4v) is 1.21. The molecule has 0 unspecified atom stereocenters. The van der Waals surface area contributed by atoms with Gasteiger partial charge < -0.3 is 14.8 Å². The van der Waals surface area contributed by atoms with Crippen LogP contribution in [0.4, 0.5) is 0 Å². The van der Waals surface area contributed by atoms with Crippen molar-refractivity contribution in [2.45, 2.75) is 46.1 Å². The summed E-state index contributed by atoms with van der Waals surface area (Å²) in [5.74, 6) is 0. The lowest BCUT2D eigenvalue weighted by Crippen LogP contribution is -2.22. The fraction of sp³-hybridized carbons (Fsp3) is 1.00. The van der Waals surface area contributed by atoms with Crippen molar-refractivity contribution in [3.8, 4) is 0 Å². The molecule has 0 amide bonds. The van der Waals surface area contributed by atoms with Gasteiger partial charge in [-0.25, -0.2) is 0 Å². The maximum absolute atomic E-state index is 5.40. The molecular weight excluding hydrogens is 190 g/mol. The lowest BCUT2D eigenvalue weighted by molar-refractivity contribution is 0.0204. The highest BCUT2D eigenvalue weighted by Crippen LogP contribution is 1.90. The van der Waals surface area contributed by atoms with Gasteiger partial charge in [0.25, 0.3) is 0 Å². The first-order valence-electron chi connectivity index (χ1n) is 6.17. The lowest BCUT2D eigenvalue weighted by Gasteiger charge is -2.08. The second-order valence-corrected chi connectivity index (χ2v) is 3.99. The quantitative estimate of drug-likeness (QED) is 0.538. The average molecular weight is 217 g/mol. The summed E-state index contributed by atoms with van der Waals surface area (Å²) in [7, 11) is 0. The van der Waals surface area contributed by atoms with Crippen LogP contribution in [0.15, 0.2) is 0 Å². The molecular formula is C12H27NO2. The third-order valence-corrected chi connectivity index (χ3v) is 2.06. The van der Waals surface area contributed by atoms with Crippen molar-refractivity contribution < 1.29 is 9.47 Å². The zero-order chi connectivity index (χ0) is 11.4. The van der Waals surface area contributed by atoms with Crippen LogP contribution < -0.4 is 5.32 Å². The van der Waals surface area contributed by atoms with Crippen molar-refractivity contribution in [2.75, 3.05) is 32.9 Å². The molecule has 0 aliphatic heterocycles. The molecule has 0 aliphatic rings. The van der Waals surface area contributed by atoms with Gasteiger partial charge in [-0.05, 0) is 26.8 Å². The summed E-state index contributed by atoms with van der Waals surface area (Å²) in [6, 6.07) is 0. The normalized spacial score (nSPS) is 11.2. The zero-order valence-corrected chi connectivity index (χ0v) is 10.6. The Hall–Kier alpha value is -0.120. The predicted molar refractivity (Wildman–Crippen MR) is 64.3 cm³/mol. The average Bonchev–Trinajstić information content (AvgIpc) is 2.20. The van der Waals surface area contributed by atoms with Gasteiger partial charge in [0.2, 0.25) is 0 Å². The van der Waals surface area contributed by atoms with E-state index in [-0.39, 0.29) is 0 Å². The monoisotopic (exact) mass is 217 g/mol. The third kappa shape index (κ3) is 13.9. The Morgan fingerprint density at radius 2 is 1.80 bits per heavy atom. The van der Waals surface area contributed by atoms with Gasteiger partial charge in [-0.2, -0.15) is 0 Å². The van der Waals surface area contributed by atoms with Crippen LogP contribution in [0.5, 0.6) is 0 Å². The van der Waals surface area contributed by atoms with Gasteiger partial charge in [-0.15, -0.1) is 0 Å². The summed E-state index contributed by atoms with van der Waals surface area (Å²) in [6.45, 7) is 10.5. The van der Waals surface area contributed by atoms with Crippen LogP contribution in [-0.2, 0) is 9.47 Å². The van der Waals surface area contributed by atoms with E-state index in [2.05, 4.69) is 12.2 Å². The number of hydrogen-bond acceptors (Lipinski definition) is 3. The van der Waals surface area contributed by atoms with E-state index >= 15 is 0 Å². The van der Waals surface area contributed by atoms with Crippen LogP contribution in [-0.4, -0.2) is 39.0 Å². The van der Waals surface area contributed by atoms with Crippen molar-refractivity contribution in [1.82, 2.24) is 5.32 Å². The molecule has 0 saturated heterocycles. The summed E-state index contributed by atoms with van der Waals surface area (Å²) in [5, 5.41) is 3.35. The van der Waals surface area contributed by atoms with Gasteiger partial charge in [0.05, 0.1) is 25.9 Å². The molecule has 0 fully saturated rings. The predicted octanol–water partition coefficient (Wildman–Crippen LogP) is 2.21. The van der Waals surface area contributed by atoms with Crippen LogP contribution in [0.3, 0.4) is 0 Å². The molecule has 0 spiro atoms. The van der Waals surface area contributed by atoms with E-state index in [4.69, 9.17) is 9.47 Å². The highest BCUT2D eigenvalue weighted by Gasteiger charge is 1.93. The minimum Gasteiger partial charge on any atom is -0.378 e. The molecule has 0 aromatic heterocycles. The summed E-state index contributed by atoms with van der Waals surface area (Å²) in [5.41, 5.74) is 0. The van der Waals surface area contributed by atoms with Gasteiger partial charge in [0.1, 0.15) is 0 Å². The second-order valence-electron chi connectivity index (χ2n) is 3.99. The van der Waals surface area contributed by atoms with E-state index in [1.165, 1.54) is 19.3 Å². The minimum absolute atomic E-state index is 0.306. The summed E-state index contributed by atoms with van der Waals surface area (Å²) < 4.78 is 10.8. The zero-order valence-electron chi connectivity index (χ0n) is 10.6. The smallest absolute Gasteiger partial charge is 0.0703 e. The maximum Gasteiger partial charge on any atom is 0.0703 e. The van der Waals surface area contributed by atoms with Gasteiger partial charge in [0, 0.05) is 6.54 Å². The first-order chi connectivity index (χ1) is 7.27. The minimum atomic E-state index is 0.306. The molecule has 0 bridgehead atoms. The Balaban J connectivity index is 2.87. The molecule has 0 aromatic carbocycles. The number of ether oxygens (including phenoxy) is 2. The largest absolute Gasteiger partial charge is 0.378 e. The summed E-state index contributed by atoms with van der Waals surface area (Å²) in [4.78, 5) is 0. The second kappa shape index (κ2) is 12.0. The molecule has 0 saturated carbocycles. The van der Waals surface area contributed by atoms with Gasteiger partial charge in [-0.1, -0.05) is 19.8 Å². The van der Waals surface area contributed by atoms with E-state index in [9.17, 15) is 0 Å². The Morgan fingerprint density at radius 1 is 1.00 bits per heavy atom. The molecule has 3 nitrogen and oxygen atoms in total. The third-order valence-electron chi connectivity index (χ3n) is 2.06. The van der Waals surface area contributed by atoms with Crippen LogP contribution in [0, 0.1) is 0 Å². The highest BCUT2D eigenvalue weighted by atomic mass is 16.5. The van der Waals surface area contributed by atoms with Crippen LogP contribution in [0.25, 0.3) is 0 Å². The molecule has 0 radical (unpaired) electrons. The lowest BCUT2D eigenvalue weighted by atomic mass is 10.2. The summed E-state index contributed by atoms with van der Waals surface area (Å²) in [6.07, 6.45) is 4.18. The van der Waals surface area contributed by atoms with Crippen LogP contribution in [0.1, 0.15) is 40.0 Å². The number of hydrogen-bond donors (Lipinski definition) is 1. The maximum atomic E-state index is 5.40. The van der Waals surface area contributed by atoms with Gasteiger partial charge >= 0.3 is 0 Å².